The number of carbonyl (C=O) groups excluding carboxylic acids is 1. The summed E-state index contributed by atoms with van der Waals surface area (Å²) in [6.45, 7) is 7.71. The normalized spacial score (nSPS) is 18.5. The van der Waals surface area contributed by atoms with E-state index in [1.807, 2.05) is 0 Å². The van der Waals surface area contributed by atoms with Gasteiger partial charge >= 0.3 is 0 Å². The van der Waals surface area contributed by atoms with Gasteiger partial charge in [0.1, 0.15) is 10.8 Å². The predicted octanol–water partition coefficient (Wildman–Crippen LogP) is 3.58. The third-order valence-corrected chi connectivity index (χ3v) is 5.53. The summed E-state index contributed by atoms with van der Waals surface area (Å²) in [7, 11) is 0. The van der Waals surface area contributed by atoms with Crippen LogP contribution in [0.4, 0.5) is 9.52 Å². The van der Waals surface area contributed by atoms with Gasteiger partial charge in [0.15, 0.2) is 0 Å². The van der Waals surface area contributed by atoms with Gasteiger partial charge < -0.3 is 0 Å². The van der Waals surface area contributed by atoms with Crippen LogP contribution >= 0.6 is 11.3 Å². The molecule has 0 bridgehead atoms. The maximum Gasteiger partial charge on any atom is 0.243 e. The van der Waals surface area contributed by atoms with Crippen molar-refractivity contribution in [2.24, 2.45) is 0 Å². The molecule has 1 fully saturated rings. The number of benzene rings is 1. The van der Waals surface area contributed by atoms with E-state index in [1.54, 1.807) is 12.1 Å². The summed E-state index contributed by atoms with van der Waals surface area (Å²) < 4.78 is 13.0. The quantitative estimate of drug-likeness (QED) is 0.903. The number of carbonyl (C=O) groups is 1. The minimum atomic E-state index is -0.245. The van der Waals surface area contributed by atoms with Gasteiger partial charge in [-0.2, -0.15) is 0 Å². The summed E-state index contributed by atoms with van der Waals surface area (Å²) in [6, 6.07) is 6.25. The van der Waals surface area contributed by atoms with Gasteiger partial charge in [-0.25, -0.2) is 4.39 Å². The van der Waals surface area contributed by atoms with Crippen LogP contribution < -0.4 is 5.32 Å². The fourth-order valence-corrected chi connectivity index (χ4v) is 3.71. The summed E-state index contributed by atoms with van der Waals surface area (Å²) in [5.74, 6) is -0.290. The number of hydrogen-bond acceptors (Lipinski definition) is 5. The van der Waals surface area contributed by atoms with Gasteiger partial charge in [-0.3, -0.25) is 15.0 Å². The molecular weight excluding hydrogens is 339 g/mol. The third kappa shape index (κ3) is 4.41. The van der Waals surface area contributed by atoms with Crippen molar-refractivity contribution in [3.8, 4) is 0 Å². The standard InChI is InChI=1S/C18H23FN4OS/c1-18(2,3)16-21-22-17(25-16)20-15(24)14-5-4-10-23(14)11-12-6-8-13(19)9-7-12/h6-9,14H,4-5,10-11H2,1-3H3,(H,20,22,24). The van der Waals surface area contributed by atoms with Crippen molar-refractivity contribution in [2.45, 2.75) is 51.6 Å². The predicted molar refractivity (Wildman–Crippen MR) is 97.1 cm³/mol. The maximum absolute atomic E-state index is 13.0. The second kappa shape index (κ2) is 7.17. The average Bonchev–Trinajstić information content (AvgIpc) is 3.18. The molecule has 1 aromatic carbocycles. The van der Waals surface area contributed by atoms with E-state index in [9.17, 15) is 9.18 Å². The van der Waals surface area contributed by atoms with Crippen LogP contribution in [0.2, 0.25) is 0 Å². The van der Waals surface area contributed by atoms with Gasteiger partial charge in [0.25, 0.3) is 0 Å². The number of halogens is 1. The molecule has 134 valence electrons. The molecule has 2 aromatic rings. The first-order valence-corrected chi connectivity index (χ1v) is 9.28. The molecule has 25 heavy (non-hydrogen) atoms. The van der Waals surface area contributed by atoms with Crippen LogP contribution in [0.1, 0.15) is 44.2 Å². The van der Waals surface area contributed by atoms with Gasteiger partial charge in [-0.05, 0) is 37.1 Å². The van der Waals surface area contributed by atoms with Crippen molar-refractivity contribution in [3.63, 3.8) is 0 Å². The Balaban J connectivity index is 1.64. The topological polar surface area (TPSA) is 58.1 Å². The fraction of sp³-hybridized carbons (Fsp3) is 0.500. The molecule has 5 nitrogen and oxygen atoms in total. The molecule has 2 heterocycles. The Morgan fingerprint density at radius 3 is 2.68 bits per heavy atom. The molecular formula is C18H23FN4OS. The van der Waals surface area contributed by atoms with Gasteiger partial charge in [0.05, 0.1) is 6.04 Å². The molecule has 1 aliphatic heterocycles. The molecule has 0 radical (unpaired) electrons. The van der Waals surface area contributed by atoms with Gasteiger partial charge in [0, 0.05) is 12.0 Å². The highest BCUT2D eigenvalue weighted by Gasteiger charge is 2.31. The minimum absolute atomic E-state index is 0.0452. The molecule has 1 saturated heterocycles. The van der Waals surface area contributed by atoms with Gasteiger partial charge in [-0.1, -0.05) is 44.2 Å². The zero-order valence-electron chi connectivity index (χ0n) is 14.8. The third-order valence-electron chi connectivity index (χ3n) is 4.26. The summed E-state index contributed by atoms with van der Waals surface area (Å²) in [4.78, 5) is 14.8. The highest BCUT2D eigenvalue weighted by atomic mass is 32.1. The van der Waals surface area contributed by atoms with Crippen molar-refractivity contribution >= 4 is 22.4 Å². The number of anilines is 1. The summed E-state index contributed by atoms with van der Waals surface area (Å²) in [5, 5.41) is 12.6. The summed E-state index contributed by atoms with van der Waals surface area (Å²) in [5.41, 5.74) is 0.926. The van der Waals surface area contributed by atoms with Crippen LogP contribution in [0.3, 0.4) is 0 Å². The second-order valence-corrected chi connectivity index (χ2v) is 8.38. The van der Waals surface area contributed by atoms with E-state index in [0.717, 1.165) is 30.0 Å². The SMILES string of the molecule is CC(C)(C)c1nnc(NC(=O)C2CCCN2Cc2ccc(F)cc2)s1. The first kappa shape index (κ1) is 17.9. The van der Waals surface area contributed by atoms with Gasteiger partial charge in [-0.15, -0.1) is 10.2 Å². The first-order valence-electron chi connectivity index (χ1n) is 8.46. The monoisotopic (exact) mass is 362 g/mol. The van der Waals surface area contributed by atoms with Crippen LogP contribution in [0, 0.1) is 5.82 Å². The molecule has 1 amide bonds. The molecule has 0 spiro atoms. The van der Waals surface area contributed by atoms with Crippen molar-refractivity contribution in [1.82, 2.24) is 15.1 Å². The van der Waals surface area contributed by atoms with Crippen molar-refractivity contribution in [3.05, 3.63) is 40.7 Å². The summed E-state index contributed by atoms with van der Waals surface area (Å²) in [6.07, 6.45) is 1.79. The molecule has 0 aliphatic carbocycles. The van der Waals surface area contributed by atoms with Crippen LogP contribution in [0.25, 0.3) is 0 Å². The van der Waals surface area contributed by atoms with Crippen molar-refractivity contribution in [1.29, 1.82) is 0 Å². The van der Waals surface area contributed by atoms with E-state index in [4.69, 9.17) is 0 Å². The number of aromatic nitrogens is 2. The molecule has 1 aliphatic rings. The Labute approximate surface area is 151 Å². The van der Waals surface area contributed by atoms with E-state index in [0.29, 0.717) is 11.7 Å². The number of amides is 1. The Morgan fingerprint density at radius 2 is 2.04 bits per heavy atom. The van der Waals surface area contributed by atoms with E-state index < -0.39 is 0 Å². The Morgan fingerprint density at radius 1 is 1.32 bits per heavy atom. The zero-order chi connectivity index (χ0) is 18.0. The number of likely N-dealkylation sites (tertiary alicyclic amines) is 1. The average molecular weight is 362 g/mol. The fourth-order valence-electron chi connectivity index (χ4n) is 2.90. The lowest BCUT2D eigenvalue weighted by Gasteiger charge is -2.23. The lowest BCUT2D eigenvalue weighted by molar-refractivity contribution is -0.120. The van der Waals surface area contributed by atoms with Crippen LogP contribution in [0.5, 0.6) is 0 Å². The molecule has 3 rings (SSSR count). The highest BCUT2D eigenvalue weighted by Crippen LogP contribution is 2.28. The molecule has 7 heteroatoms. The second-order valence-electron chi connectivity index (χ2n) is 7.41. The molecule has 1 aromatic heterocycles. The lowest BCUT2D eigenvalue weighted by atomic mass is 9.98. The molecule has 1 atom stereocenters. The number of nitrogens with zero attached hydrogens (tertiary/aromatic N) is 3. The number of rotatable bonds is 4. The largest absolute Gasteiger partial charge is 0.299 e. The highest BCUT2D eigenvalue weighted by molar-refractivity contribution is 7.15. The van der Waals surface area contributed by atoms with E-state index in [-0.39, 0.29) is 23.2 Å². The van der Waals surface area contributed by atoms with E-state index in [2.05, 4.69) is 41.2 Å². The molecule has 0 saturated carbocycles. The van der Waals surface area contributed by atoms with E-state index in [1.165, 1.54) is 23.5 Å². The van der Waals surface area contributed by atoms with Crippen molar-refractivity contribution < 1.29 is 9.18 Å². The number of nitrogens with one attached hydrogen (secondary N) is 1. The Kier molecular flexibility index (Phi) is 5.15. The van der Waals surface area contributed by atoms with Gasteiger partial charge in [0.2, 0.25) is 11.0 Å². The van der Waals surface area contributed by atoms with Crippen molar-refractivity contribution in [2.75, 3.05) is 11.9 Å². The first-order chi connectivity index (χ1) is 11.8. The zero-order valence-corrected chi connectivity index (χ0v) is 15.6. The molecule has 1 unspecified atom stereocenters. The number of hydrogen-bond donors (Lipinski definition) is 1. The Bertz CT molecular complexity index is 738. The van der Waals surface area contributed by atoms with Crippen LogP contribution in [-0.2, 0) is 16.8 Å². The maximum atomic E-state index is 13.0. The smallest absolute Gasteiger partial charge is 0.243 e. The molecule has 1 N–H and O–H groups in total. The minimum Gasteiger partial charge on any atom is -0.299 e. The van der Waals surface area contributed by atoms with Crippen LogP contribution in [0.15, 0.2) is 24.3 Å². The summed E-state index contributed by atoms with van der Waals surface area (Å²) >= 11 is 1.42. The van der Waals surface area contributed by atoms with Crippen LogP contribution in [-0.4, -0.2) is 33.6 Å². The lowest BCUT2D eigenvalue weighted by Crippen LogP contribution is -2.39. The van der Waals surface area contributed by atoms with E-state index >= 15 is 0 Å². The Hall–Kier alpha value is -1.86.